The molecule has 1 heterocycles. The van der Waals surface area contributed by atoms with Crippen molar-refractivity contribution in [3.63, 3.8) is 0 Å². The first kappa shape index (κ1) is 19.5. The van der Waals surface area contributed by atoms with Crippen LogP contribution in [-0.4, -0.2) is 39.0 Å². The molecule has 29 heavy (non-hydrogen) atoms. The number of nitrogens with one attached hydrogen (secondary N) is 1. The Bertz CT molecular complexity index is 1060. The molecule has 0 aliphatic carbocycles. The Labute approximate surface area is 165 Å². The van der Waals surface area contributed by atoms with Crippen LogP contribution in [0.15, 0.2) is 59.8 Å². The van der Waals surface area contributed by atoms with Crippen LogP contribution < -0.4 is 10.2 Å². The number of amides is 1. The quantitative estimate of drug-likeness (QED) is 0.358. The number of nitro groups is 1. The minimum absolute atomic E-state index is 0.00354. The third-order valence-electron chi connectivity index (χ3n) is 3.97. The van der Waals surface area contributed by atoms with Gasteiger partial charge in [-0.3, -0.25) is 19.6 Å². The van der Waals surface area contributed by atoms with Gasteiger partial charge in [0.25, 0.3) is 11.6 Å². The molecule has 1 aromatic heterocycles. The number of phenolic OH excluding ortho intramolecular Hbond substituents is 1. The van der Waals surface area contributed by atoms with Crippen molar-refractivity contribution in [3.05, 3.63) is 81.7 Å². The average Bonchev–Trinajstić information content (AvgIpc) is 3.18. The predicted molar refractivity (Wildman–Crippen MR) is 104 cm³/mol. The molecule has 1 amide bonds. The number of nitro benzene ring substituents is 1. The molecule has 3 aromatic rings. The van der Waals surface area contributed by atoms with Crippen LogP contribution in [0.2, 0.25) is 0 Å². The number of carbonyl (C=O) groups excluding carboxylic acids is 1. The van der Waals surface area contributed by atoms with Gasteiger partial charge in [0, 0.05) is 23.9 Å². The predicted octanol–water partition coefficient (Wildman–Crippen LogP) is 2.32. The molecule has 3 rings (SSSR count). The summed E-state index contributed by atoms with van der Waals surface area (Å²) >= 11 is 0. The fourth-order valence-electron chi connectivity index (χ4n) is 2.46. The van der Waals surface area contributed by atoms with Gasteiger partial charge < -0.3 is 9.84 Å². The number of non-ortho nitro benzene ring substituents is 1. The number of hydrazone groups is 1. The highest BCUT2D eigenvalue weighted by molar-refractivity contribution is 5.93. The van der Waals surface area contributed by atoms with Gasteiger partial charge in [0.2, 0.25) is 0 Å². The second kappa shape index (κ2) is 8.65. The lowest BCUT2D eigenvalue weighted by Crippen LogP contribution is -2.18. The molecule has 0 saturated carbocycles. The molecule has 0 saturated heterocycles. The van der Waals surface area contributed by atoms with E-state index in [1.807, 2.05) is 0 Å². The minimum Gasteiger partial charge on any atom is -0.507 e. The summed E-state index contributed by atoms with van der Waals surface area (Å²) in [4.78, 5) is 22.4. The van der Waals surface area contributed by atoms with E-state index in [4.69, 9.17) is 4.74 Å². The van der Waals surface area contributed by atoms with Crippen LogP contribution >= 0.6 is 0 Å². The average molecular weight is 395 g/mol. The summed E-state index contributed by atoms with van der Waals surface area (Å²) in [5, 5.41) is 28.5. The second-order valence-electron chi connectivity index (χ2n) is 5.95. The number of rotatable bonds is 7. The Balaban J connectivity index is 1.61. The molecule has 0 atom stereocenters. The summed E-state index contributed by atoms with van der Waals surface area (Å²) in [6.07, 6.45) is 2.91. The van der Waals surface area contributed by atoms with E-state index in [1.54, 1.807) is 30.5 Å². The largest absolute Gasteiger partial charge is 0.507 e. The maximum absolute atomic E-state index is 12.2. The molecule has 2 aromatic carbocycles. The van der Waals surface area contributed by atoms with Gasteiger partial charge in [-0.15, -0.1) is 0 Å². The van der Waals surface area contributed by atoms with Crippen LogP contribution in [0.3, 0.4) is 0 Å². The molecule has 0 spiro atoms. The monoisotopic (exact) mass is 395 g/mol. The number of aromatic hydroxyl groups is 1. The zero-order chi connectivity index (χ0) is 20.8. The maximum Gasteiger partial charge on any atom is 0.291 e. The molecule has 0 radical (unpaired) electrons. The van der Waals surface area contributed by atoms with Gasteiger partial charge in [-0.05, 0) is 29.8 Å². The van der Waals surface area contributed by atoms with Crippen molar-refractivity contribution in [2.75, 3.05) is 7.11 Å². The molecule has 0 bridgehead atoms. The highest BCUT2D eigenvalue weighted by atomic mass is 16.6. The van der Waals surface area contributed by atoms with Crippen molar-refractivity contribution < 1.29 is 19.6 Å². The number of aromatic nitrogens is 2. The number of hydrogen-bond donors (Lipinski definition) is 2. The van der Waals surface area contributed by atoms with Gasteiger partial charge in [0.15, 0.2) is 5.69 Å². The Kier molecular flexibility index (Phi) is 5.83. The maximum atomic E-state index is 12.2. The van der Waals surface area contributed by atoms with Gasteiger partial charge in [0.05, 0.1) is 24.8 Å². The van der Waals surface area contributed by atoms with Gasteiger partial charge in [-0.25, -0.2) is 5.43 Å². The van der Waals surface area contributed by atoms with Crippen molar-refractivity contribution in [2.24, 2.45) is 5.10 Å². The molecular weight excluding hydrogens is 378 g/mol. The summed E-state index contributed by atoms with van der Waals surface area (Å²) in [5.74, 6) is 0.0165. The Morgan fingerprint density at radius 2 is 2.07 bits per heavy atom. The number of phenols is 1. The first-order valence-corrected chi connectivity index (χ1v) is 8.43. The lowest BCUT2D eigenvalue weighted by Gasteiger charge is -2.03. The summed E-state index contributed by atoms with van der Waals surface area (Å²) in [5.41, 5.74) is 3.68. The SMILES string of the molecule is COc1ccc(O)c(C=NNC(=O)c2ccn(Cc3ccc([N+](=O)[O-])cc3)n2)c1. The molecule has 0 fully saturated rings. The molecule has 10 heteroatoms. The fraction of sp³-hybridized carbons (Fsp3) is 0.105. The van der Waals surface area contributed by atoms with E-state index in [0.29, 0.717) is 17.9 Å². The molecular formula is C19H17N5O5. The normalized spacial score (nSPS) is 10.8. The lowest BCUT2D eigenvalue weighted by molar-refractivity contribution is -0.384. The van der Waals surface area contributed by atoms with E-state index in [1.165, 1.54) is 42.3 Å². The molecule has 0 unspecified atom stereocenters. The molecule has 148 valence electrons. The van der Waals surface area contributed by atoms with Crippen LogP contribution in [0.1, 0.15) is 21.6 Å². The van der Waals surface area contributed by atoms with Gasteiger partial charge in [-0.2, -0.15) is 10.2 Å². The van der Waals surface area contributed by atoms with Crippen molar-refractivity contribution in [1.82, 2.24) is 15.2 Å². The first-order chi connectivity index (χ1) is 14.0. The van der Waals surface area contributed by atoms with E-state index < -0.39 is 10.8 Å². The molecule has 10 nitrogen and oxygen atoms in total. The van der Waals surface area contributed by atoms with E-state index in [2.05, 4.69) is 15.6 Å². The van der Waals surface area contributed by atoms with Crippen molar-refractivity contribution in [3.8, 4) is 11.5 Å². The summed E-state index contributed by atoms with van der Waals surface area (Å²) in [7, 11) is 1.50. The smallest absolute Gasteiger partial charge is 0.291 e. The third-order valence-corrected chi connectivity index (χ3v) is 3.97. The number of nitrogens with zero attached hydrogens (tertiary/aromatic N) is 4. The lowest BCUT2D eigenvalue weighted by atomic mass is 10.2. The van der Waals surface area contributed by atoms with Gasteiger partial charge >= 0.3 is 0 Å². The van der Waals surface area contributed by atoms with E-state index >= 15 is 0 Å². The van der Waals surface area contributed by atoms with Crippen molar-refractivity contribution >= 4 is 17.8 Å². The Morgan fingerprint density at radius 3 is 2.76 bits per heavy atom. The summed E-state index contributed by atoms with van der Waals surface area (Å²) in [6, 6.07) is 12.2. The highest BCUT2D eigenvalue weighted by Gasteiger charge is 2.10. The Morgan fingerprint density at radius 1 is 1.31 bits per heavy atom. The van der Waals surface area contributed by atoms with Crippen LogP contribution in [0, 0.1) is 10.1 Å². The van der Waals surface area contributed by atoms with Crippen molar-refractivity contribution in [2.45, 2.75) is 6.54 Å². The van der Waals surface area contributed by atoms with E-state index in [0.717, 1.165) is 5.56 Å². The van der Waals surface area contributed by atoms with Crippen LogP contribution in [0.25, 0.3) is 0 Å². The highest BCUT2D eigenvalue weighted by Crippen LogP contribution is 2.21. The van der Waals surface area contributed by atoms with Gasteiger partial charge in [0.1, 0.15) is 11.5 Å². The number of hydrogen-bond acceptors (Lipinski definition) is 7. The van der Waals surface area contributed by atoms with E-state index in [-0.39, 0.29) is 17.1 Å². The molecule has 0 aliphatic rings. The fourth-order valence-corrected chi connectivity index (χ4v) is 2.46. The zero-order valence-electron chi connectivity index (χ0n) is 15.3. The standard InChI is InChI=1S/C19H17N5O5/c1-29-16-6-7-18(25)14(10-16)11-20-21-19(26)17-8-9-23(22-17)12-13-2-4-15(5-3-13)24(27)28/h2-11,25H,12H2,1H3,(H,21,26). The second-order valence-corrected chi connectivity index (χ2v) is 5.95. The third kappa shape index (κ3) is 4.95. The van der Waals surface area contributed by atoms with E-state index in [9.17, 15) is 20.0 Å². The van der Waals surface area contributed by atoms with Crippen LogP contribution in [0.5, 0.6) is 11.5 Å². The molecule has 0 aliphatic heterocycles. The number of ether oxygens (including phenoxy) is 1. The summed E-state index contributed by atoms with van der Waals surface area (Å²) in [6.45, 7) is 0.353. The Hall–Kier alpha value is -4.21. The van der Waals surface area contributed by atoms with Crippen LogP contribution in [0.4, 0.5) is 5.69 Å². The van der Waals surface area contributed by atoms with Crippen LogP contribution in [-0.2, 0) is 6.54 Å². The minimum atomic E-state index is -0.522. The number of methoxy groups -OCH3 is 1. The van der Waals surface area contributed by atoms with Gasteiger partial charge in [-0.1, -0.05) is 12.1 Å². The first-order valence-electron chi connectivity index (χ1n) is 8.43. The molecule has 2 N–H and O–H groups in total. The van der Waals surface area contributed by atoms with Crippen molar-refractivity contribution in [1.29, 1.82) is 0 Å². The topological polar surface area (TPSA) is 132 Å². The number of carbonyl (C=O) groups is 1. The zero-order valence-corrected chi connectivity index (χ0v) is 15.3. The summed E-state index contributed by atoms with van der Waals surface area (Å²) < 4.78 is 6.61. The number of benzene rings is 2.